The predicted molar refractivity (Wildman–Crippen MR) is 120 cm³/mol. The highest BCUT2D eigenvalue weighted by Crippen LogP contribution is 2.22. The van der Waals surface area contributed by atoms with Gasteiger partial charge in [0.25, 0.3) is 5.91 Å². The number of aromatic nitrogens is 5. The van der Waals surface area contributed by atoms with Gasteiger partial charge in [0.1, 0.15) is 18.2 Å². The standard InChI is InChI=1S/C22H21FN8O3/c1-13(2)19-18(26-30-31(19)21-20(24)28-34-29-21)22(32)27-25-11-14-5-9-17(10-6-14)33-12-15-3-7-16(23)8-4-15/h3-11,13H,12H2,1-2H3,(H2,24,28)(H,27,32). The Morgan fingerprint density at radius 2 is 1.94 bits per heavy atom. The third-order valence-electron chi connectivity index (χ3n) is 4.74. The first-order valence-corrected chi connectivity index (χ1v) is 10.3. The molecule has 0 radical (unpaired) electrons. The number of nitrogen functional groups attached to an aromatic ring is 1. The quantitative estimate of drug-likeness (QED) is 0.299. The van der Waals surface area contributed by atoms with Crippen molar-refractivity contribution in [3.8, 4) is 11.6 Å². The summed E-state index contributed by atoms with van der Waals surface area (Å²) in [5.74, 6) is -0.132. The number of amides is 1. The van der Waals surface area contributed by atoms with E-state index in [9.17, 15) is 9.18 Å². The minimum Gasteiger partial charge on any atom is -0.489 e. The number of halogens is 1. The summed E-state index contributed by atoms with van der Waals surface area (Å²) < 4.78 is 24.6. The number of hydrazone groups is 1. The fourth-order valence-corrected chi connectivity index (χ4v) is 3.08. The molecule has 0 fully saturated rings. The van der Waals surface area contributed by atoms with E-state index in [1.807, 2.05) is 13.8 Å². The number of nitrogens with two attached hydrogens (primary N) is 1. The summed E-state index contributed by atoms with van der Waals surface area (Å²) in [6.45, 7) is 4.07. The Bertz CT molecular complexity index is 1300. The van der Waals surface area contributed by atoms with Crippen LogP contribution in [0.4, 0.5) is 10.2 Å². The Kier molecular flexibility index (Phi) is 6.57. The third-order valence-corrected chi connectivity index (χ3v) is 4.74. The lowest BCUT2D eigenvalue weighted by molar-refractivity contribution is 0.0948. The van der Waals surface area contributed by atoms with E-state index < -0.39 is 5.91 Å². The maximum atomic E-state index is 13.0. The van der Waals surface area contributed by atoms with E-state index in [0.29, 0.717) is 18.1 Å². The number of nitrogens with zero attached hydrogens (tertiary/aromatic N) is 6. The molecule has 2 heterocycles. The molecule has 0 saturated carbocycles. The van der Waals surface area contributed by atoms with E-state index in [1.165, 1.54) is 23.0 Å². The van der Waals surface area contributed by atoms with Gasteiger partial charge < -0.3 is 10.5 Å². The maximum absolute atomic E-state index is 13.0. The monoisotopic (exact) mass is 464 g/mol. The van der Waals surface area contributed by atoms with E-state index in [1.54, 1.807) is 36.4 Å². The van der Waals surface area contributed by atoms with Gasteiger partial charge in [-0.1, -0.05) is 31.2 Å². The molecule has 0 aliphatic carbocycles. The van der Waals surface area contributed by atoms with Gasteiger partial charge in [0.05, 0.1) is 11.9 Å². The highest BCUT2D eigenvalue weighted by Gasteiger charge is 2.25. The smallest absolute Gasteiger partial charge is 0.293 e. The minimum absolute atomic E-state index is 0.0295. The van der Waals surface area contributed by atoms with Crippen LogP contribution in [0.25, 0.3) is 5.82 Å². The Morgan fingerprint density at radius 3 is 2.59 bits per heavy atom. The van der Waals surface area contributed by atoms with Crippen LogP contribution in [0.15, 0.2) is 58.3 Å². The van der Waals surface area contributed by atoms with Crippen LogP contribution in [0, 0.1) is 5.82 Å². The van der Waals surface area contributed by atoms with Crippen molar-refractivity contribution in [2.24, 2.45) is 5.10 Å². The summed E-state index contributed by atoms with van der Waals surface area (Å²) in [4.78, 5) is 12.6. The zero-order valence-electron chi connectivity index (χ0n) is 18.3. The Morgan fingerprint density at radius 1 is 1.21 bits per heavy atom. The molecular weight excluding hydrogens is 443 g/mol. The zero-order chi connectivity index (χ0) is 24.1. The van der Waals surface area contributed by atoms with Gasteiger partial charge >= 0.3 is 0 Å². The first kappa shape index (κ1) is 22.6. The second kappa shape index (κ2) is 9.90. The first-order chi connectivity index (χ1) is 16.4. The topological polar surface area (TPSA) is 146 Å². The molecule has 0 atom stereocenters. The van der Waals surface area contributed by atoms with Crippen LogP contribution in [0.2, 0.25) is 0 Å². The molecule has 2 aromatic carbocycles. The SMILES string of the molecule is CC(C)c1c(C(=O)NN=Cc2ccc(OCc3ccc(F)cc3)cc2)nnn1-c1nonc1N. The number of ether oxygens (including phenoxy) is 1. The van der Waals surface area contributed by atoms with Crippen LogP contribution in [-0.4, -0.2) is 37.4 Å². The first-order valence-electron chi connectivity index (χ1n) is 10.3. The van der Waals surface area contributed by atoms with E-state index in [-0.39, 0.29) is 29.1 Å². The summed E-state index contributed by atoms with van der Waals surface area (Å²) in [6, 6.07) is 13.2. The molecule has 11 nitrogen and oxygen atoms in total. The van der Waals surface area contributed by atoms with Crippen LogP contribution in [0.3, 0.4) is 0 Å². The molecule has 0 spiro atoms. The van der Waals surface area contributed by atoms with Crippen LogP contribution in [0.5, 0.6) is 5.75 Å². The number of benzene rings is 2. The van der Waals surface area contributed by atoms with Crippen molar-refractivity contribution in [1.82, 2.24) is 30.7 Å². The van der Waals surface area contributed by atoms with Crippen molar-refractivity contribution < 1.29 is 18.6 Å². The van der Waals surface area contributed by atoms with Crippen molar-refractivity contribution in [3.05, 3.63) is 76.9 Å². The number of hydrogen-bond acceptors (Lipinski definition) is 9. The van der Waals surface area contributed by atoms with Crippen molar-refractivity contribution in [1.29, 1.82) is 0 Å². The molecule has 4 rings (SSSR count). The molecule has 0 saturated heterocycles. The maximum Gasteiger partial charge on any atom is 0.293 e. The highest BCUT2D eigenvalue weighted by molar-refractivity contribution is 5.94. The second-order valence-corrected chi connectivity index (χ2v) is 7.55. The van der Waals surface area contributed by atoms with Gasteiger partial charge in [-0.15, -0.1) is 5.10 Å². The largest absolute Gasteiger partial charge is 0.489 e. The molecule has 34 heavy (non-hydrogen) atoms. The van der Waals surface area contributed by atoms with Crippen molar-refractivity contribution in [2.75, 3.05) is 5.73 Å². The lowest BCUT2D eigenvalue weighted by Gasteiger charge is -2.08. The van der Waals surface area contributed by atoms with E-state index >= 15 is 0 Å². The lowest BCUT2D eigenvalue weighted by Crippen LogP contribution is -2.21. The molecule has 0 aliphatic heterocycles. The average Bonchev–Trinajstić information content (AvgIpc) is 3.45. The van der Waals surface area contributed by atoms with E-state index in [4.69, 9.17) is 10.5 Å². The molecule has 4 aromatic rings. The molecule has 3 N–H and O–H groups in total. The third kappa shape index (κ3) is 5.06. The molecule has 0 unspecified atom stereocenters. The summed E-state index contributed by atoms with van der Waals surface area (Å²) in [7, 11) is 0. The summed E-state index contributed by atoms with van der Waals surface area (Å²) in [6.07, 6.45) is 1.49. The molecule has 2 aromatic heterocycles. The molecular formula is C22H21FN8O3. The predicted octanol–water partition coefficient (Wildman–Crippen LogP) is 2.84. The van der Waals surface area contributed by atoms with Gasteiger partial charge in [-0.25, -0.2) is 14.4 Å². The normalized spacial score (nSPS) is 11.3. The van der Waals surface area contributed by atoms with Crippen molar-refractivity contribution in [2.45, 2.75) is 26.4 Å². The number of carbonyl (C=O) groups excluding carboxylic acids is 1. The van der Waals surface area contributed by atoms with Crippen molar-refractivity contribution in [3.63, 3.8) is 0 Å². The van der Waals surface area contributed by atoms with Crippen LogP contribution in [0.1, 0.15) is 47.1 Å². The fraction of sp³-hybridized carbons (Fsp3) is 0.182. The number of rotatable bonds is 8. The Hall–Kier alpha value is -4.61. The lowest BCUT2D eigenvalue weighted by atomic mass is 10.1. The van der Waals surface area contributed by atoms with Gasteiger partial charge in [-0.05, 0) is 63.8 Å². The molecule has 1 amide bonds. The Labute approximate surface area is 193 Å². The summed E-state index contributed by atoms with van der Waals surface area (Å²) in [5, 5.41) is 19.1. The van der Waals surface area contributed by atoms with Gasteiger partial charge in [0, 0.05) is 0 Å². The van der Waals surface area contributed by atoms with Gasteiger partial charge in [-0.3, -0.25) is 4.79 Å². The minimum atomic E-state index is -0.541. The number of carbonyl (C=O) groups is 1. The van der Waals surface area contributed by atoms with Crippen molar-refractivity contribution >= 4 is 17.9 Å². The fourth-order valence-electron chi connectivity index (χ4n) is 3.08. The van der Waals surface area contributed by atoms with Crippen LogP contribution in [-0.2, 0) is 6.61 Å². The highest BCUT2D eigenvalue weighted by atomic mass is 19.1. The van der Waals surface area contributed by atoms with E-state index in [2.05, 4.69) is 35.8 Å². The van der Waals surface area contributed by atoms with Gasteiger partial charge in [0.2, 0.25) is 11.6 Å². The molecule has 174 valence electrons. The average molecular weight is 464 g/mol. The number of hydrogen-bond donors (Lipinski definition) is 2. The molecule has 0 aliphatic rings. The van der Waals surface area contributed by atoms with Gasteiger partial charge in [-0.2, -0.15) is 9.78 Å². The summed E-state index contributed by atoms with van der Waals surface area (Å²) in [5.41, 5.74) is 10.3. The Balaban J connectivity index is 1.38. The van der Waals surface area contributed by atoms with Crippen LogP contribution < -0.4 is 15.9 Å². The number of nitrogens with one attached hydrogen (secondary N) is 1. The van der Waals surface area contributed by atoms with E-state index in [0.717, 1.165) is 11.1 Å². The molecule has 12 heteroatoms. The van der Waals surface area contributed by atoms with Gasteiger partial charge in [0.15, 0.2) is 5.69 Å². The summed E-state index contributed by atoms with van der Waals surface area (Å²) >= 11 is 0. The second-order valence-electron chi connectivity index (χ2n) is 7.55. The number of anilines is 1. The van der Waals surface area contributed by atoms with Crippen LogP contribution >= 0.6 is 0 Å². The molecule has 0 bridgehead atoms. The zero-order valence-corrected chi connectivity index (χ0v) is 18.3.